The number of aromatic nitrogens is 2. The summed E-state index contributed by atoms with van der Waals surface area (Å²) in [4.78, 5) is 23.1. The second-order valence-electron chi connectivity index (χ2n) is 6.78. The van der Waals surface area contributed by atoms with Gasteiger partial charge in [0, 0.05) is 20.6 Å². The van der Waals surface area contributed by atoms with E-state index in [0.717, 1.165) is 43.7 Å². The van der Waals surface area contributed by atoms with Gasteiger partial charge in [0.1, 0.15) is 17.0 Å². The van der Waals surface area contributed by atoms with E-state index in [1.165, 1.54) is 4.88 Å². The lowest BCUT2D eigenvalue weighted by Gasteiger charge is -2.10. The molecule has 5 nitrogen and oxygen atoms in total. The molecule has 0 amide bonds. The quantitative estimate of drug-likeness (QED) is 0.309. The monoisotopic (exact) mass is 481 g/mol. The van der Waals surface area contributed by atoms with E-state index in [1.807, 2.05) is 31.2 Å². The summed E-state index contributed by atoms with van der Waals surface area (Å²) in [6.07, 6.45) is 2.37. The van der Waals surface area contributed by atoms with Crippen molar-refractivity contribution in [3.05, 3.63) is 69.8 Å². The summed E-state index contributed by atoms with van der Waals surface area (Å²) in [7, 11) is 0. The van der Waals surface area contributed by atoms with Gasteiger partial charge in [0.05, 0.1) is 17.6 Å². The summed E-state index contributed by atoms with van der Waals surface area (Å²) in [6, 6.07) is 15.5. The molecule has 2 aromatic carbocycles. The molecule has 0 spiro atoms. The number of fused-ring (bicyclic) bond motifs is 1. The summed E-state index contributed by atoms with van der Waals surface area (Å²) in [5.74, 6) is 0.433. The first-order valence-electron chi connectivity index (χ1n) is 9.61. The lowest BCUT2D eigenvalue weighted by Crippen LogP contribution is -2.05. The molecule has 0 aliphatic rings. The number of rotatable bonds is 6. The number of carbonyl (C=O) groups is 1. The van der Waals surface area contributed by atoms with Crippen molar-refractivity contribution in [1.82, 2.24) is 9.97 Å². The van der Waals surface area contributed by atoms with Gasteiger partial charge in [-0.25, -0.2) is 14.8 Å². The molecule has 0 aliphatic carbocycles. The normalized spacial score (nSPS) is 10.9. The number of anilines is 2. The number of ether oxygens (including phenoxy) is 1. The first kappa shape index (κ1) is 20.5. The van der Waals surface area contributed by atoms with Gasteiger partial charge in [0.25, 0.3) is 0 Å². The van der Waals surface area contributed by atoms with E-state index >= 15 is 0 Å². The van der Waals surface area contributed by atoms with Crippen molar-refractivity contribution in [1.29, 1.82) is 0 Å². The minimum atomic E-state index is -0.307. The van der Waals surface area contributed by atoms with Crippen LogP contribution in [-0.2, 0) is 4.74 Å². The number of aryl methyl sites for hydroxylation is 1. The lowest BCUT2D eigenvalue weighted by atomic mass is 10.0. The SMILES string of the molecule is CCCOC(=O)c1ccc(Nc2ncnc3sc(C)c(-c4ccc(Br)cc4)c23)cc1. The highest BCUT2D eigenvalue weighted by molar-refractivity contribution is 9.10. The van der Waals surface area contributed by atoms with E-state index in [-0.39, 0.29) is 5.97 Å². The molecule has 0 atom stereocenters. The Morgan fingerprint density at radius 2 is 1.83 bits per heavy atom. The van der Waals surface area contributed by atoms with Crippen molar-refractivity contribution in [3.63, 3.8) is 0 Å². The number of hydrogen-bond acceptors (Lipinski definition) is 6. The number of benzene rings is 2. The molecule has 0 saturated heterocycles. The highest BCUT2D eigenvalue weighted by Crippen LogP contribution is 2.41. The maximum atomic E-state index is 12.0. The van der Waals surface area contributed by atoms with E-state index < -0.39 is 0 Å². The van der Waals surface area contributed by atoms with Crippen molar-refractivity contribution in [3.8, 4) is 11.1 Å². The van der Waals surface area contributed by atoms with Gasteiger partial charge in [0.15, 0.2) is 0 Å². The van der Waals surface area contributed by atoms with Crippen LogP contribution in [0.3, 0.4) is 0 Å². The zero-order valence-electron chi connectivity index (χ0n) is 16.6. The Hall–Kier alpha value is -2.77. The Morgan fingerprint density at radius 3 is 2.53 bits per heavy atom. The van der Waals surface area contributed by atoms with Gasteiger partial charge in [-0.2, -0.15) is 0 Å². The summed E-state index contributed by atoms with van der Waals surface area (Å²) >= 11 is 5.15. The average Bonchev–Trinajstić information content (AvgIpc) is 3.10. The van der Waals surface area contributed by atoms with Gasteiger partial charge in [-0.1, -0.05) is 35.0 Å². The largest absolute Gasteiger partial charge is 0.462 e. The Kier molecular flexibility index (Phi) is 6.11. The third-order valence-electron chi connectivity index (χ3n) is 4.62. The van der Waals surface area contributed by atoms with Gasteiger partial charge >= 0.3 is 5.97 Å². The zero-order valence-corrected chi connectivity index (χ0v) is 19.0. The first-order chi connectivity index (χ1) is 14.6. The van der Waals surface area contributed by atoms with E-state index in [1.54, 1.807) is 29.8 Å². The van der Waals surface area contributed by atoms with Crippen LogP contribution in [0.1, 0.15) is 28.6 Å². The summed E-state index contributed by atoms with van der Waals surface area (Å²) in [5, 5.41) is 4.38. The fourth-order valence-corrected chi connectivity index (χ4v) is 4.48. The minimum Gasteiger partial charge on any atom is -0.462 e. The van der Waals surface area contributed by atoms with Crippen LogP contribution in [0.5, 0.6) is 0 Å². The first-order valence-corrected chi connectivity index (χ1v) is 11.2. The molecule has 2 aromatic heterocycles. The Labute approximate surface area is 187 Å². The number of carbonyl (C=O) groups excluding carboxylic acids is 1. The molecule has 0 fully saturated rings. The van der Waals surface area contributed by atoms with Gasteiger partial charge in [-0.15, -0.1) is 11.3 Å². The molecule has 152 valence electrons. The number of halogens is 1. The Morgan fingerprint density at radius 1 is 1.10 bits per heavy atom. The Bertz CT molecular complexity index is 1190. The zero-order chi connectivity index (χ0) is 21.1. The fourth-order valence-electron chi connectivity index (χ4n) is 3.21. The second-order valence-corrected chi connectivity index (χ2v) is 8.90. The van der Waals surface area contributed by atoms with Crippen LogP contribution < -0.4 is 5.32 Å². The highest BCUT2D eigenvalue weighted by Gasteiger charge is 2.17. The van der Waals surface area contributed by atoms with Crippen LogP contribution in [0.25, 0.3) is 21.3 Å². The molecule has 2 heterocycles. The van der Waals surface area contributed by atoms with Crippen LogP contribution in [0.2, 0.25) is 0 Å². The van der Waals surface area contributed by atoms with Gasteiger partial charge in [-0.3, -0.25) is 0 Å². The van der Waals surface area contributed by atoms with Gasteiger partial charge in [0.2, 0.25) is 0 Å². The molecule has 0 saturated carbocycles. The third kappa shape index (κ3) is 4.22. The molecule has 0 unspecified atom stereocenters. The average molecular weight is 482 g/mol. The van der Waals surface area contributed by atoms with Crippen molar-refractivity contribution >= 4 is 55.0 Å². The van der Waals surface area contributed by atoms with E-state index in [9.17, 15) is 4.79 Å². The summed E-state index contributed by atoms with van der Waals surface area (Å²) in [6.45, 7) is 4.50. The van der Waals surface area contributed by atoms with Crippen molar-refractivity contribution in [2.45, 2.75) is 20.3 Å². The van der Waals surface area contributed by atoms with Crippen molar-refractivity contribution in [2.75, 3.05) is 11.9 Å². The third-order valence-corrected chi connectivity index (χ3v) is 6.16. The lowest BCUT2D eigenvalue weighted by molar-refractivity contribution is 0.0505. The number of esters is 1. The van der Waals surface area contributed by atoms with Gasteiger partial charge in [-0.05, 0) is 55.3 Å². The highest BCUT2D eigenvalue weighted by atomic mass is 79.9. The fraction of sp³-hybridized carbons (Fsp3) is 0.174. The van der Waals surface area contributed by atoms with E-state index in [0.29, 0.717) is 12.2 Å². The minimum absolute atomic E-state index is 0.307. The summed E-state index contributed by atoms with van der Waals surface area (Å²) in [5.41, 5.74) is 3.62. The maximum absolute atomic E-state index is 12.0. The molecule has 0 bridgehead atoms. The smallest absolute Gasteiger partial charge is 0.338 e. The number of hydrogen-bond donors (Lipinski definition) is 1. The van der Waals surface area contributed by atoms with Crippen LogP contribution in [-0.4, -0.2) is 22.5 Å². The maximum Gasteiger partial charge on any atom is 0.338 e. The second kappa shape index (κ2) is 8.93. The molecule has 0 radical (unpaired) electrons. The molecule has 4 aromatic rings. The van der Waals surface area contributed by atoms with E-state index in [4.69, 9.17) is 4.74 Å². The topological polar surface area (TPSA) is 64.1 Å². The molecular weight excluding hydrogens is 462 g/mol. The van der Waals surface area contributed by atoms with Crippen molar-refractivity contribution in [2.24, 2.45) is 0 Å². The Balaban J connectivity index is 1.68. The molecule has 0 aliphatic heterocycles. The predicted molar refractivity (Wildman–Crippen MR) is 126 cm³/mol. The molecular formula is C23H20BrN3O2S. The van der Waals surface area contributed by atoms with Crippen LogP contribution in [0.4, 0.5) is 11.5 Å². The van der Waals surface area contributed by atoms with Crippen LogP contribution in [0, 0.1) is 6.92 Å². The summed E-state index contributed by atoms with van der Waals surface area (Å²) < 4.78 is 6.22. The van der Waals surface area contributed by atoms with Crippen LogP contribution >= 0.6 is 27.3 Å². The van der Waals surface area contributed by atoms with Crippen LogP contribution in [0.15, 0.2) is 59.3 Å². The number of nitrogens with one attached hydrogen (secondary N) is 1. The standard InChI is InChI=1S/C23H20BrN3O2S/c1-3-12-29-23(28)16-6-10-18(11-7-16)27-21-20-19(15-4-8-17(24)9-5-15)14(2)30-22(20)26-13-25-21/h4-11,13H,3,12H2,1-2H3,(H,25,26,27). The predicted octanol–water partition coefficient (Wildman–Crippen LogP) is 6.74. The molecule has 1 N–H and O–H groups in total. The van der Waals surface area contributed by atoms with Gasteiger partial charge < -0.3 is 10.1 Å². The molecule has 30 heavy (non-hydrogen) atoms. The van der Waals surface area contributed by atoms with E-state index in [2.05, 4.69) is 50.3 Å². The number of nitrogens with zero attached hydrogens (tertiary/aromatic N) is 2. The number of thiophene rings is 1. The molecule has 4 rings (SSSR count). The van der Waals surface area contributed by atoms with Crippen molar-refractivity contribution < 1.29 is 9.53 Å². The molecule has 7 heteroatoms.